The van der Waals surface area contributed by atoms with E-state index in [0.29, 0.717) is 0 Å². The van der Waals surface area contributed by atoms with E-state index in [2.05, 4.69) is 10.5 Å². The molecule has 0 bridgehead atoms. The van der Waals surface area contributed by atoms with E-state index in [-0.39, 0.29) is 4.88 Å². The molecule has 0 aliphatic carbocycles. The Morgan fingerprint density at radius 2 is 1.79 bits per heavy atom. The van der Waals surface area contributed by atoms with Crippen LogP contribution in [-0.2, 0) is 0 Å². The Labute approximate surface area is 115 Å². The van der Waals surface area contributed by atoms with Gasteiger partial charge in [0.25, 0.3) is 0 Å². The highest BCUT2D eigenvalue weighted by molar-refractivity contribution is 7.15. The van der Waals surface area contributed by atoms with Crippen molar-refractivity contribution < 1.29 is 9.90 Å². The third-order valence-electron chi connectivity index (χ3n) is 2.57. The molecule has 0 aliphatic rings. The third kappa shape index (κ3) is 3.42. The van der Waals surface area contributed by atoms with Gasteiger partial charge < -0.3 is 9.90 Å². The molecular formula is C14H13N2O2S-. The highest BCUT2D eigenvalue weighted by Gasteiger charge is 2.03. The fourth-order valence-corrected chi connectivity index (χ4v) is 2.26. The summed E-state index contributed by atoms with van der Waals surface area (Å²) in [5, 5.41) is 14.9. The van der Waals surface area contributed by atoms with E-state index in [1.165, 1.54) is 11.6 Å². The van der Waals surface area contributed by atoms with E-state index in [0.717, 1.165) is 27.6 Å². The lowest BCUT2D eigenvalue weighted by molar-refractivity contribution is -0.254. The summed E-state index contributed by atoms with van der Waals surface area (Å²) >= 11 is 1.15. The number of hydrogen-bond donors (Lipinski definition) is 1. The maximum absolute atomic E-state index is 10.7. The normalized spacial score (nSPS) is 11.4. The summed E-state index contributed by atoms with van der Waals surface area (Å²) in [6, 6.07) is 11.1. The number of aryl methyl sites for hydroxylation is 1. The average molecular weight is 273 g/mol. The fourth-order valence-electron chi connectivity index (χ4n) is 1.47. The molecule has 0 radical (unpaired) electrons. The number of nitrogens with one attached hydrogen (secondary N) is 1. The number of carbonyl (C=O) groups is 1. The lowest BCUT2D eigenvalue weighted by atomic mass is 10.2. The second-order valence-corrected chi connectivity index (χ2v) is 5.21. The second-order valence-electron chi connectivity index (χ2n) is 4.13. The molecule has 1 aromatic carbocycles. The van der Waals surface area contributed by atoms with Crippen LogP contribution < -0.4 is 10.5 Å². The highest BCUT2D eigenvalue weighted by atomic mass is 32.1. The van der Waals surface area contributed by atoms with Gasteiger partial charge in [-0.3, -0.25) is 5.43 Å². The van der Waals surface area contributed by atoms with Crippen LogP contribution in [0.3, 0.4) is 0 Å². The number of thiophene rings is 1. The van der Waals surface area contributed by atoms with Crippen molar-refractivity contribution in [2.45, 2.75) is 13.8 Å². The third-order valence-corrected chi connectivity index (χ3v) is 3.74. The van der Waals surface area contributed by atoms with Gasteiger partial charge in [0, 0.05) is 0 Å². The molecule has 0 unspecified atom stereocenters. The zero-order valence-electron chi connectivity index (χ0n) is 10.6. The molecule has 4 nitrogen and oxygen atoms in total. The second kappa shape index (κ2) is 5.67. The Morgan fingerprint density at radius 3 is 2.37 bits per heavy atom. The van der Waals surface area contributed by atoms with Crippen LogP contribution in [0, 0.1) is 6.92 Å². The average Bonchev–Trinajstić information content (AvgIpc) is 2.87. The number of carbonyl (C=O) groups excluding carboxylic acids is 1. The van der Waals surface area contributed by atoms with Gasteiger partial charge in [-0.15, -0.1) is 11.3 Å². The first-order chi connectivity index (χ1) is 9.06. The molecular weight excluding hydrogens is 260 g/mol. The Balaban J connectivity index is 2.09. The van der Waals surface area contributed by atoms with Crippen molar-refractivity contribution in [2.24, 2.45) is 5.10 Å². The van der Waals surface area contributed by atoms with Gasteiger partial charge in [-0.05, 0) is 38.1 Å². The molecule has 1 heterocycles. The van der Waals surface area contributed by atoms with E-state index in [1.54, 1.807) is 6.07 Å². The molecule has 0 saturated heterocycles. The number of carboxylic acids is 1. The summed E-state index contributed by atoms with van der Waals surface area (Å²) in [5.74, 6) is -1.16. The minimum atomic E-state index is -1.16. The molecule has 0 spiro atoms. The van der Waals surface area contributed by atoms with Gasteiger partial charge in [0.15, 0.2) is 0 Å². The van der Waals surface area contributed by atoms with Crippen LogP contribution in [0.15, 0.2) is 41.5 Å². The number of nitrogens with zero attached hydrogens (tertiary/aromatic N) is 1. The first-order valence-corrected chi connectivity index (χ1v) is 6.56. The predicted molar refractivity (Wildman–Crippen MR) is 75.7 cm³/mol. The maximum atomic E-state index is 10.7. The zero-order valence-corrected chi connectivity index (χ0v) is 11.5. The van der Waals surface area contributed by atoms with Crippen LogP contribution in [0.2, 0.25) is 0 Å². The maximum Gasteiger partial charge on any atom is 0.0815 e. The van der Waals surface area contributed by atoms with E-state index in [9.17, 15) is 9.90 Å². The summed E-state index contributed by atoms with van der Waals surface area (Å²) in [6.07, 6.45) is 0. The van der Waals surface area contributed by atoms with Crippen molar-refractivity contribution >= 4 is 28.7 Å². The van der Waals surface area contributed by atoms with Gasteiger partial charge in [0.05, 0.1) is 27.1 Å². The van der Waals surface area contributed by atoms with Gasteiger partial charge in [0.2, 0.25) is 0 Å². The molecule has 19 heavy (non-hydrogen) atoms. The molecule has 0 atom stereocenters. The van der Waals surface area contributed by atoms with Crippen molar-refractivity contribution in [3.8, 4) is 0 Å². The lowest BCUT2D eigenvalue weighted by Gasteiger charge is -2.02. The van der Waals surface area contributed by atoms with Gasteiger partial charge in [-0.25, -0.2) is 0 Å². The highest BCUT2D eigenvalue weighted by Crippen LogP contribution is 2.17. The molecule has 1 aromatic heterocycles. The van der Waals surface area contributed by atoms with Crippen molar-refractivity contribution in [2.75, 3.05) is 5.43 Å². The number of carboxylic acid groups (broad SMARTS) is 1. The molecule has 2 aromatic rings. The predicted octanol–water partition coefficient (Wildman–Crippen LogP) is 2.26. The summed E-state index contributed by atoms with van der Waals surface area (Å²) in [4.78, 5) is 11.7. The Hall–Kier alpha value is -2.14. The SMILES string of the molecule is C/C(=N/Nc1ccc(C)cc1)c1ccc(C(=O)[O-])s1. The topological polar surface area (TPSA) is 64.5 Å². The first-order valence-electron chi connectivity index (χ1n) is 5.75. The molecule has 0 saturated carbocycles. The minimum absolute atomic E-state index is 0.208. The smallest absolute Gasteiger partial charge is 0.0815 e. The van der Waals surface area contributed by atoms with Gasteiger partial charge in [0.1, 0.15) is 0 Å². The lowest BCUT2D eigenvalue weighted by Crippen LogP contribution is -2.20. The zero-order chi connectivity index (χ0) is 13.8. The summed E-state index contributed by atoms with van der Waals surface area (Å²) in [7, 11) is 0. The van der Waals surface area contributed by atoms with Crippen LogP contribution in [0.1, 0.15) is 27.0 Å². The summed E-state index contributed by atoms with van der Waals surface area (Å²) in [5.41, 5.74) is 5.75. The Bertz CT molecular complexity index is 615. The molecule has 98 valence electrons. The van der Waals surface area contributed by atoms with E-state index in [4.69, 9.17) is 0 Å². The summed E-state index contributed by atoms with van der Waals surface area (Å²) < 4.78 is 0. The fraction of sp³-hybridized carbons (Fsp3) is 0.143. The standard InChI is InChI=1S/C14H14N2O2S/c1-9-3-5-11(6-4-9)16-15-10(2)12-7-8-13(19-12)14(17)18/h3-8,16H,1-2H3,(H,17,18)/p-1/b15-10-. The largest absolute Gasteiger partial charge is 0.544 e. The van der Waals surface area contributed by atoms with Gasteiger partial charge >= 0.3 is 0 Å². The van der Waals surface area contributed by atoms with Gasteiger partial charge in [-0.1, -0.05) is 17.7 Å². The molecule has 0 amide bonds. The van der Waals surface area contributed by atoms with Crippen molar-refractivity contribution in [1.29, 1.82) is 0 Å². The number of rotatable bonds is 4. The molecule has 0 fully saturated rings. The molecule has 0 aliphatic heterocycles. The Morgan fingerprint density at radius 1 is 1.16 bits per heavy atom. The van der Waals surface area contributed by atoms with Crippen molar-refractivity contribution in [3.05, 3.63) is 51.7 Å². The minimum Gasteiger partial charge on any atom is -0.544 e. The van der Waals surface area contributed by atoms with Crippen LogP contribution >= 0.6 is 11.3 Å². The number of benzene rings is 1. The Kier molecular flexibility index (Phi) is 3.97. The summed E-state index contributed by atoms with van der Waals surface area (Å²) in [6.45, 7) is 3.84. The van der Waals surface area contributed by atoms with Gasteiger partial charge in [-0.2, -0.15) is 5.10 Å². The van der Waals surface area contributed by atoms with E-state index >= 15 is 0 Å². The molecule has 2 rings (SSSR count). The molecule has 5 heteroatoms. The van der Waals surface area contributed by atoms with Crippen LogP contribution in [0.4, 0.5) is 5.69 Å². The van der Waals surface area contributed by atoms with E-state index in [1.807, 2.05) is 38.1 Å². The molecule has 1 N–H and O–H groups in total. The number of aromatic carboxylic acids is 1. The van der Waals surface area contributed by atoms with E-state index < -0.39 is 5.97 Å². The van der Waals surface area contributed by atoms with Crippen LogP contribution in [-0.4, -0.2) is 11.7 Å². The number of anilines is 1. The number of hydrazone groups is 1. The van der Waals surface area contributed by atoms with Crippen molar-refractivity contribution in [1.82, 2.24) is 0 Å². The number of hydrogen-bond acceptors (Lipinski definition) is 5. The van der Waals surface area contributed by atoms with Crippen LogP contribution in [0.25, 0.3) is 0 Å². The van der Waals surface area contributed by atoms with Crippen LogP contribution in [0.5, 0.6) is 0 Å². The first kappa shape index (κ1) is 13.3. The monoisotopic (exact) mass is 273 g/mol. The quantitative estimate of drug-likeness (QED) is 0.686. The van der Waals surface area contributed by atoms with Crippen molar-refractivity contribution in [3.63, 3.8) is 0 Å².